The van der Waals surface area contributed by atoms with E-state index < -0.39 is 6.16 Å². The lowest BCUT2D eigenvalue weighted by Gasteiger charge is -2.10. The molecule has 0 radical (unpaired) electrons. The van der Waals surface area contributed by atoms with E-state index in [1.54, 1.807) is 17.6 Å². The second-order valence-corrected chi connectivity index (χ2v) is 6.31. The highest BCUT2D eigenvalue weighted by Gasteiger charge is 2.18. The van der Waals surface area contributed by atoms with Crippen LogP contribution in [0.3, 0.4) is 0 Å². The summed E-state index contributed by atoms with van der Waals surface area (Å²) in [5, 5.41) is 7.56. The molecule has 2 aromatic heterocycles. The molecule has 0 saturated heterocycles. The van der Waals surface area contributed by atoms with E-state index >= 15 is 0 Å². The smallest absolute Gasteiger partial charge is 0.434 e. The summed E-state index contributed by atoms with van der Waals surface area (Å²) >= 11 is 3.54. The Labute approximate surface area is 159 Å². The largest absolute Gasteiger partial charge is 0.513 e. The minimum atomic E-state index is -0.728. The maximum Gasteiger partial charge on any atom is 0.513 e. The third-order valence-corrected chi connectivity index (χ3v) is 4.63. The number of rotatable bonds is 6. The van der Waals surface area contributed by atoms with E-state index in [1.807, 2.05) is 31.2 Å². The SMILES string of the molecule is CCOC(=O)Oc1cn2ncnc(NCc3ccccc3Br)c2c1CC. The highest BCUT2D eigenvalue weighted by molar-refractivity contribution is 9.10. The van der Waals surface area contributed by atoms with Crippen LogP contribution in [0.25, 0.3) is 5.52 Å². The van der Waals surface area contributed by atoms with Gasteiger partial charge in [-0.25, -0.2) is 14.3 Å². The molecular formula is C18H19BrN4O3. The molecule has 0 unspecified atom stereocenters. The first-order chi connectivity index (χ1) is 12.6. The number of benzene rings is 1. The predicted octanol–water partition coefficient (Wildman–Crippen LogP) is 4.20. The van der Waals surface area contributed by atoms with Gasteiger partial charge in [0.05, 0.1) is 12.8 Å². The molecule has 0 aliphatic heterocycles. The van der Waals surface area contributed by atoms with Crippen molar-refractivity contribution in [3.63, 3.8) is 0 Å². The van der Waals surface area contributed by atoms with Crippen molar-refractivity contribution < 1.29 is 14.3 Å². The first-order valence-corrected chi connectivity index (χ1v) is 9.10. The molecule has 3 rings (SSSR count). The topological polar surface area (TPSA) is 77.8 Å². The Balaban J connectivity index is 1.92. The zero-order valence-electron chi connectivity index (χ0n) is 14.5. The van der Waals surface area contributed by atoms with Crippen LogP contribution in [0.1, 0.15) is 25.0 Å². The molecule has 0 aliphatic carbocycles. The Morgan fingerprint density at radius 2 is 2.12 bits per heavy atom. The summed E-state index contributed by atoms with van der Waals surface area (Å²) in [7, 11) is 0. The van der Waals surface area contributed by atoms with Gasteiger partial charge >= 0.3 is 6.16 Å². The second kappa shape index (κ2) is 8.18. The van der Waals surface area contributed by atoms with Crippen LogP contribution in [0.2, 0.25) is 0 Å². The summed E-state index contributed by atoms with van der Waals surface area (Å²) < 4.78 is 12.9. The summed E-state index contributed by atoms with van der Waals surface area (Å²) in [6, 6.07) is 7.98. The third-order valence-electron chi connectivity index (χ3n) is 3.85. The molecule has 0 spiro atoms. The molecule has 1 N–H and O–H groups in total. The molecule has 26 heavy (non-hydrogen) atoms. The number of aryl methyl sites for hydroxylation is 1. The number of hydrogen-bond donors (Lipinski definition) is 1. The molecule has 3 aromatic rings. The summed E-state index contributed by atoms with van der Waals surface area (Å²) in [5.74, 6) is 1.10. The van der Waals surface area contributed by atoms with Crippen molar-refractivity contribution in [2.45, 2.75) is 26.8 Å². The van der Waals surface area contributed by atoms with E-state index in [2.05, 4.69) is 31.3 Å². The van der Waals surface area contributed by atoms with Crippen LogP contribution in [0.4, 0.5) is 10.6 Å². The number of ether oxygens (including phenoxy) is 2. The van der Waals surface area contributed by atoms with E-state index in [4.69, 9.17) is 9.47 Å². The van der Waals surface area contributed by atoms with Gasteiger partial charge in [-0.05, 0) is 25.0 Å². The van der Waals surface area contributed by atoms with E-state index in [0.29, 0.717) is 24.5 Å². The number of carbonyl (C=O) groups excluding carboxylic acids is 1. The van der Waals surface area contributed by atoms with Gasteiger partial charge in [-0.2, -0.15) is 5.10 Å². The van der Waals surface area contributed by atoms with Gasteiger partial charge in [0, 0.05) is 16.6 Å². The van der Waals surface area contributed by atoms with Crippen LogP contribution in [0.15, 0.2) is 41.3 Å². The Hall–Kier alpha value is -2.61. The maximum atomic E-state index is 11.7. The number of anilines is 1. The summed E-state index contributed by atoms with van der Waals surface area (Å²) in [5.41, 5.74) is 2.73. The molecule has 0 saturated carbocycles. The number of nitrogens with zero attached hydrogens (tertiary/aromatic N) is 3. The number of aromatic nitrogens is 3. The molecule has 8 heteroatoms. The standard InChI is InChI=1S/C18H19BrN4O3/c1-3-13-15(26-18(24)25-4-2)10-23-16(13)17(21-11-22-23)20-9-12-7-5-6-8-14(12)19/h5-8,10-11H,3-4,9H2,1-2H3,(H,20,21,22). The van der Waals surface area contributed by atoms with Gasteiger partial charge in [0.2, 0.25) is 0 Å². The average Bonchev–Trinajstić information content (AvgIpc) is 2.98. The first-order valence-electron chi connectivity index (χ1n) is 8.31. The zero-order valence-corrected chi connectivity index (χ0v) is 16.1. The summed E-state index contributed by atoms with van der Waals surface area (Å²) in [6.07, 6.45) is 3.05. The van der Waals surface area contributed by atoms with Crippen LogP contribution in [-0.2, 0) is 17.7 Å². The first kappa shape index (κ1) is 18.2. The van der Waals surface area contributed by atoms with Crippen LogP contribution in [-0.4, -0.2) is 27.4 Å². The lowest BCUT2D eigenvalue weighted by Crippen LogP contribution is -2.10. The average molecular weight is 419 g/mol. The molecule has 0 atom stereocenters. The van der Waals surface area contributed by atoms with Crippen molar-refractivity contribution in [2.75, 3.05) is 11.9 Å². The Kier molecular flexibility index (Phi) is 5.72. The fourth-order valence-corrected chi connectivity index (χ4v) is 3.09. The van der Waals surface area contributed by atoms with Crippen molar-refractivity contribution in [3.05, 3.63) is 52.4 Å². The van der Waals surface area contributed by atoms with Crippen molar-refractivity contribution >= 4 is 33.4 Å². The van der Waals surface area contributed by atoms with Gasteiger partial charge in [0.25, 0.3) is 0 Å². The normalized spacial score (nSPS) is 10.7. The highest BCUT2D eigenvalue weighted by Crippen LogP contribution is 2.30. The van der Waals surface area contributed by atoms with Gasteiger partial charge in [0.1, 0.15) is 11.8 Å². The quantitative estimate of drug-likeness (QED) is 0.604. The summed E-state index contributed by atoms with van der Waals surface area (Å²) in [6.45, 7) is 4.56. The van der Waals surface area contributed by atoms with Crippen molar-refractivity contribution in [1.29, 1.82) is 0 Å². The fraction of sp³-hybridized carbons (Fsp3) is 0.278. The highest BCUT2D eigenvalue weighted by atomic mass is 79.9. The molecule has 7 nitrogen and oxygen atoms in total. The predicted molar refractivity (Wildman–Crippen MR) is 101 cm³/mol. The fourth-order valence-electron chi connectivity index (χ4n) is 2.67. The van der Waals surface area contributed by atoms with E-state index in [1.165, 1.54) is 6.33 Å². The number of fused-ring (bicyclic) bond motifs is 1. The number of nitrogens with one attached hydrogen (secondary N) is 1. The van der Waals surface area contributed by atoms with Crippen LogP contribution < -0.4 is 10.1 Å². The molecule has 136 valence electrons. The maximum absolute atomic E-state index is 11.7. The van der Waals surface area contributed by atoms with Crippen molar-refractivity contribution in [3.8, 4) is 5.75 Å². The molecular weight excluding hydrogens is 400 g/mol. The van der Waals surface area contributed by atoms with Crippen molar-refractivity contribution in [1.82, 2.24) is 14.6 Å². The second-order valence-electron chi connectivity index (χ2n) is 5.46. The van der Waals surface area contributed by atoms with E-state index in [9.17, 15) is 4.79 Å². The van der Waals surface area contributed by atoms with Crippen LogP contribution in [0, 0.1) is 0 Å². The minimum absolute atomic E-state index is 0.256. The molecule has 0 amide bonds. The lowest BCUT2D eigenvalue weighted by atomic mass is 10.2. The Bertz CT molecular complexity index is 926. The van der Waals surface area contributed by atoms with Crippen LogP contribution in [0.5, 0.6) is 5.75 Å². The lowest BCUT2D eigenvalue weighted by molar-refractivity contribution is 0.104. The zero-order chi connectivity index (χ0) is 18.5. The van der Waals surface area contributed by atoms with E-state index in [0.717, 1.165) is 21.1 Å². The number of carbonyl (C=O) groups is 1. The number of halogens is 1. The van der Waals surface area contributed by atoms with Gasteiger partial charge in [-0.15, -0.1) is 0 Å². The monoisotopic (exact) mass is 418 g/mol. The molecule has 2 heterocycles. The minimum Gasteiger partial charge on any atom is -0.434 e. The Morgan fingerprint density at radius 1 is 1.31 bits per heavy atom. The van der Waals surface area contributed by atoms with Gasteiger partial charge in [-0.3, -0.25) is 0 Å². The van der Waals surface area contributed by atoms with Crippen LogP contribution >= 0.6 is 15.9 Å². The molecule has 0 fully saturated rings. The van der Waals surface area contributed by atoms with Crippen molar-refractivity contribution in [2.24, 2.45) is 0 Å². The Morgan fingerprint density at radius 3 is 2.85 bits per heavy atom. The molecule has 0 aliphatic rings. The molecule has 1 aromatic carbocycles. The summed E-state index contributed by atoms with van der Waals surface area (Å²) in [4.78, 5) is 16.0. The number of hydrogen-bond acceptors (Lipinski definition) is 6. The van der Waals surface area contributed by atoms with Gasteiger partial charge in [-0.1, -0.05) is 41.1 Å². The molecule has 0 bridgehead atoms. The van der Waals surface area contributed by atoms with Gasteiger partial charge < -0.3 is 14.8 Å². The van der Waals surface area contributed by atoms with E-state index in [-0.39, 0.29) is 6.61 Å². The van der Waals surface area contributed by atoms with Gasteiger partial charge in [0.15, 0.2) is 11.6 Å². The third kappa shape index (κ3) is 3.80.